The van der Waals surface area contributed by atoms with E-state index in [2.05, 4.69) is 10.2 Å². The molecule has 2 N–H and O–H groups in total. The van der Waals surface area contributed by atoms with Gasteiger partial charge >= 0.3 is 0 Å². The van der Waals surface area contributed by atoms with Gasteiger partial charge in [0.2, 0.25) is 0 Å². The molecule has 0 bridgehead atoms. The number of likely N-dealkylation sites (N-methyl/N-ethyl adjacent to an activating group) is 1. The Labute approximate surface area is 136 Å². The van der Waals surface area contributed by atoms with Crippen molar-refractivity contribution in [2.75, 3.05) is 25.6 Å². The Morgan fingerprint density at radius 1 is 1.26 bits per heavy atom. The van der Waals surface area contributed by atoms with Gasteiger partial charge in [0, 0.05) is 25.3 Å². The second-order valence-corrected chi connectivity index (χ2v) is 5.39. The van der Waals surface area contributed by atoms with Crippen molar-refractivity contribution in [3.8, 4) is 11.5 Å². The zero-order valence-corrected chi connectivity index (χ0v) is 13.6. The van der Waals surface area contributed by atoms with E-state index in [1.807, 2.05) is 44.3 Å². The van der Waals surface area contributed by atoms with Crippen LogP contribution in [0.3, 0.4) is 0 Å². The van der Waals surface area contributed by atoms with Crippen LogP contribution in [0.1, 0.15) is 17.3 Å². The van der Waals surface area contributed by atoms with Crippen LogP contribution >= 0.6 is 0 Å². The Balaban J connectivity index is 1.99. The number of hydrogen-bond acceptors (Lipinski definition) is 4. The normalized spacial score (nSPS) is 11.6. The molecule has 0 aliphatic carbocycles. The van der Waals surface area contributed by atoms with Gasteiger partial charge in [-0.25, -0.2) is 0 Å². The molecule has 1 atom stereocenters. The smallest absolute Gasteiger partial charge is 0.255 e. The molecule has 0 radical (unpaired) electrons. The number of nitrogens with one attached hydrogen (secondary N) is 1. The molecular weight excluding hydrogens is 292 g/mol. The number of phenols is 1. The molecular formula is C18H22N2O3. The van der Waals surface area contributed by atoms with E-state index in [0.717, 1.165) is 5.69 Å². The van der Waals surface area contributed by atoms with Gasteiger partial charge in [-0.15, -0.1) is 0 Å². The molecule has 0 aliphatic rings. The molecule has 0 aromatic heterocycles. The fourth-order valence-corrected chi connectivity index (χ4v) is 2.21. The quantitative estimate of drug-likeness (QED) is 0.860. The van der Waals surface area contributed by atoms with Crippen LogP contribution in [0.25, 0.3) is 0 Å². The number of hydrogen-bond donors (Lipinski definition) is 2. The van der Waals surface area contributed by atoms with Crippen molar-refractivity contribution in [3.05, 3.63) is 54.1 Å². The molecule has 5 heteroatoms. The minimum absolute atomic E-state index is 0.0626. The number of para-hydroxylation sites is 1. The summed E-state index contributed by atoms with van der Waals surface area (Å²) in [5.41, 5.74) is 1.29. The summed E-state index contributed by atoms with van der Waals surface area (Å²) in [6.07, 6.45) is 0. The number of ether oxygens (including phenoxy) is 1. The summed E-state index contributed by atoms with van der Waals surface area (Å²) in [7, 11) is 3.50. The van der Waals surface area contributed by atoms with E-state index in [4.69, 9.17) is 4.74 Å². The number of aromatic hydroxyl groups is 1. The summed E-state index contributed by atoms with van der Waals surface area (Å²) in [4.78, 5) is 14.3. The first kappa shape index (κ1) is 16.7. The molecule has 2 aromatic rings. The average molecular weight is 314 g/mol. The highest BCUT2D eigenvalue weighted by Crippen LogP contribution is 2.22. The van der Waals surface area contributed by atoms with Gasteiger partial charge in [0.25, 0.3) is 5.91 Å². The average Bonchev–Trinajstić information content (AvgIpc) is 2.59. The predicted octanol–water partition coefficient (Wildman–Crippen LogP) is 2.66. The van der Waals surface area contributed by atoms with E-state index in [1.165, 1.54) is 19.2 Å². The molecule has 0 saturated carbocycles. The summed E-state index contributed by atoms with van der Waals surface area (Å²) >= 11 is 0. The van der Waals surface area contributed by atoms with Crippen molar-refractivity contribution in [1.82, 2.24) is 5.32 Å². The standard InChI is InChI=1S/C18H22N2O3/c1-13(20(2)14-7-5-4-6-8-14)12-19-18(22)16-11-15(23-3)9-10-17(16)21/h4-11,13,21H,12H2,1-3H3,(H,19,22). The number of methoxy groups -OCH3 is 1. The minimum atomic E-state index is -0.324. The van der Waals surface area contributed by atoms with Gasteiger partial charge in [0.05, 0.1) is 12.7 Å². The van der Waals surface area contributed by atoms with Crippen LogP contribution in [-0.4, -0.2) is 37.8 Å². The Hall–Kier alpha value is -2.69. The number of phenolic OH excluding ortho intramolecular Hbond substituents is 1. The molecule has 0 fully saturated rings. The summed E-state index contributed by atoms with van der Waals surface area (Å²) in [5, 5.41) is 12.7. The predicted molar refractivity (Wildman–Crippen MR) is 91.3 cm³/mol. The molecule has 0 aliphatic heterocycles. The largest absolute Gasteiger partial charge is 0.507 e. The minimum Gasteiger partial charge on any atom is -0.507 e. The van der Waals surface area contributed by atoms with Crippen LogP contribution < -0.4 is 15.0 Å². The Morgan fingerprint density at radius 2 is 1.96 bits per heavy atom. The van der Waals surface area contributed by atoms with E-state index in [1.54, 1.807) is 6.07 Å². The third kappa shape index (κ3) is 4.16. The number of amides is 1. The summed E-state index contributed by atoms with van der Waals surface area (Å²) < 4.78 is 5.08. The van der Waals surface area contributed by atoms with E-state index in [-0.39, 0.29) is 23.3 Å². The monoisotopic (exact) mass is 314 g/mol. The number of benzene rings is 2. The lowest BCUT2D eigenvalue weighted by Gasteiger charge is -2.27. The second-order valence-electron chi connectivity index (χ2n) is 5.39. The molecule has 0 spiro atoms. The molecule has 5 nitrogen and oxygen atoms in total. The van der Waals surface area contributed by atoms with Crippen molar-refractivity contribution in [3.63, 3.8) is 0 Å². The number of rotatable bonds is 6. The first-order valence-electron chi connectivity index (χ1n) is 7.46. The maximum Gasteiger partial charge on any atom is 0.255 e. The highest BCUT2D eigenvalue weighted by Gasteiger charge is 2.15. The van der Waals surface area contributed by atoms with Crippen molar-refractivity contribution >= 4 is 11.6 Å². The van der Waals surface area contributed by atoms with Gasteiger partial charge in [0.1, 0.15) is 11.5 Å². The molecule has 2 aromatic carbocycles. The first-order valence-corrected chi connectivity index (χ1v) is 7.46. The molecule has 0 heterocycles. The Kier molecular flexibility index (Phi) is 5.46. The molecule has 23 heavy (non-hydrogen) atoms. The van der Waals surface area contributed by atoms with Crippen LogP contribution in [0.15, 0.2) is 48.5 Å². The number of anilines is 1. The first-order chi connectivity index (χ1) is 11.0. The summed E-state index contributed by atoms with van der Waals surface area (Å²) in [6, 6.07) is 14.7. The van der Waals surface area contributed by atoms with Crippen molar-refractivity contribution in [2.24, 2.45) is 0 Å². The van der Waals surface area contributed by atoms with Gasteiger partial charge in [0.15, 0.2) is 0 Å². The number of carbonyl (C=O) groups excluding carboxylic acids is 1. The maximum absolute atomic E-state index is 12.3. The maximum atomic E-state index is 12.3. The topological polar surface area (TPSA) is 61.8 Å². The zero-order valence-electron chi connectivity index (χ0n) is 13.6. The van der Waals surface area contributed by atoms with E-state index < -0.39 is 0 Å². The third-order valence-electron chi connectivity index (χ3n) is 3.83. The number of carbonyl (C=O) groups is 1. The summed E-state index contributed by atoms with van der Waals surface area (Å²) in [6.45, 7) is 2.49. The second kappa shape index (κ2) is 7.54. The molecule has 1 unspecified atom stereocenters. The Morgan fingerprint density at radius 3 is 2.61 bits per heavy atom. The van der Waals surface area contributed by atoms with Crippen molar-refractivity contribution < 1.29 is 14.6 Å². The van der Waals surface area contributed by atoms with E-state index in [9.17, 15) is 9.90 Å². The lowest BCUT2D eigenvalue weighted by atomic mass is 10.1. The van der Waals surface area contributed by atoms with Gasteiger partial charge in [-0.1, -0.05) is 18.2 Å². The van der Waals surface area contributed by atoms with E-state index >= 15 is 0 Å². The SMILES string of the molecule is COc1ccc(O)c(C(=O)NCC(C)N(C)c2ccccc2)c1. The van der Waals surface area contributed by atoms with E-state index in [0.29, 0.717) is 12.3 Å². The zero-order chi connectivity index (χ0) is 16.8. The highest BCUT2D eigenvalue weighted by molar-refractivity contribution is 5.97. The molecule has 122 valence electrons. The van der Waals surface area contributed by atoms with Crippen LogP contribution in [0.5, 0.6) is 11.5 Å². The lowest BCUT2D eigenvalue weighted by Crippen LogP contribution is -2.40. The van der Waals surface area contributed by atoms with Gasteiger partial charge in [-0.05, 0) is 37.3 Å². The fourth-order valence-electron chi connectivity index (χ4n) is 2.21. The van der Waals surface area contributed by atoms with Crippen LogP contribution in [0, 0.1) is 0 Å². The van der Waals surface area contributed by atoms with Gasteiger partial charge in [-0.2, -0.15) is 0 Å². The Bertz CT molecular complexity index is 659. The highest BCUT2D eigenvalue weighted by atomic mass is 16.5. The van der Waals surface area contributed by atoms with Crippen LogP contribution in [-0.2, 0) is 0 Å². The van der Waals surface area contributed by atoms with Gasteiger partial charge < -0.3 is 20.1 Å². The van der Waals surface area contributed by atoms with Crippen molar-refractivity contribution in [1.29, 1.82) is 0 Å². The van der Waals surface area contributed by atoms with Gasteiger partial charge in [-0.3, -0.25) is 4.79 Å². The van der Waals surface area contributed by atoms with Crippen LogP contribution in [0.4, 0.5) is 5.69 Å². The fraction of sp³-hybridized carbons (Fsp3) is 0.278. The summed E-state index contributed by atoms with van der Waals surface area (Å²) in [5.74, 6) is 0.143. The molecule has 2 rings (SSSR count). The number of nitrogens with zero attached hydrogens (tertiary/aromatic N) is 1. The molecule has 1 amide bonds. The van der Waals surface area contributed by atoms with Crippen molar-refractivity contribution in [2.45, 2.75) is 13.0 Å². The third-order valence-corrected chi connectivity index (χ3v) is 3.83. The van der Waals surface area contributed by atoms with Crippen LogP contribution in [0.2, 0.25) is 0 Å². The lowest BCUT2D eigenvalue weighted by molar-refractivity contribution is 0.0948. The molecule has 0 saturated heterocycles.